The van der Waals surface area contributed by atoms with E-state index in [1.807, 2.05) is 6.08 Å². The van der Waals surface area contributed by atoms with E-state index < -0.39 is 22.8 Å². The zero-order chi connectivity index (χ0) is 16.8. The van der Waals surface area contributed by atoms with Crippen molar-refractivity contribution < 1.29 is 19.8 Å². The standard InChI is InChI=1S/C18H30O4/c1-14(2)10-6-4-5-7-12-18(16(21)22)13-9-8-11-17(18,3)15(19)20/h8-9,14H,4-7,10-13H2,1-3H3,(H,19,20)(H,21,22). The summed E-state index contributed by atoms with van der Waals surface area (Å²) in [7, 11) is 0. The third-order valence-corrected chi connectivity index (χ3v) is 5.23. The zero-order valence-corrected chi connectivity index (χ0v) is 14.1. The van der Waals surface area contributed by atoms with Crippen LogP contribution in [0.1, 0.15) is 72.1 Å². The van der Waals surface area contributed by atoms with Gasteiger partial charge in [-0.05, 0) is 32.1 Å². The predicted molar refractivity (Wildman–Crippen MR) is 86.7 cm³/mol. The molecule has 2 unspecified atom stereocenters. The summed E-state index contributed by atoms with van der Waals surface area (Å²) in [6.07, 6.45) is 9.88. The Kier molecular flexibility index (Phi) is 6.64. The van der Waals surface area contributed by atoms with Crippen LogP contribution in [0.5, 0.6) is 0 Å². The molecule has 0 aromatic heterocycles. The fraction of sp³-hybridized carbons (Fsp3) is 0.778. The maximum atomic E-state index is 11.9. The van der Waals surface area contributed by atoms with Gasteiger partial charge in [-0.15, -0.1) is 0 Å². The highest BCUT2D eigenvalue weighted by Crippen LogP contribution is 2.52. The van der Waals surface area contributed by atoms with Gasteiger partial charge in [0.15, 0.2) is 0 Å². The van der Waals surface area contributed by atoms with Crippen LogP contribution in [-0.4, -0.2) is 22.2 Å². The van der Waals surface area contributed by atoms with Crippen molar-refractivity contribution in [3.05, 3.63) is 12.2 Å². The zero-order valence-electron chi connectivity index (χ0n) is 14.1. The average molecular weight is 310 g/mol. The molecular formula is C18H30O4. The van der Waals surface area contributed by atoms with E-state index in [0.29, 0.717) is 25.2 Å². The first-order chi connectivity index (χ1) is 10.3. The Hall–Kier alpha value is -1.32. The molecule has 0 aromatic rings. The highest BCUT2D eigenvalue weighted by Gasteiger charge is 2.57. The smallest absolute Gasteiger partial charge is 0.311 e. The fourth-order valence-corrected chi connectivity index (χ4v) is 3.46. The van der Waals surface area contributed by atoms with Crippen LogP contribution >= 0.6 is 0 Å². The van der Waals surface area contributed by atoms with Crippen LogP contribution in [0.4, 0.5) is 0 Å². The quantitative estimate of drug-likeness (QED) is 0.486. The predicted octanol–water partition coefficient (Wildman–Crippen LogP) is 4.49. The van der Waals surface area contributed by atoms with Gasteiger partial charge in [-0.25, -0.2) is 0 Å². The van der Waals surface area contributed by atoms with Crippen LogP contribution in [0.15, 0.2) is 12.2 Å². The Bertz CT molecular complexity index is 427. The fourth-order valence-electron chi connectivity index (χ4n) is 3.46. The summed E-state index contributed by atoms with van der Waals surface area (Å²) >= 11 is 0. The molecule has 0 saturated heterocycles. The Labute approximate surface area is 133 Å². The molecule has 2 atom stereocenters. The monoisotopic (exact) mass is 310 g/mol. The van der Waals surface area contributed by atoms with Crippen molar-refractivity contribution in [2.24, 2.45) is 16.7 Å². The molecule has 0 fully saturated rings. The first-order valence-electron chi connectivity index (χ1n) is 8.38. The van der Waals surface area contributed by atoms with E-state index in [9.17, 15) is 19.8 Å². The number of unbranched alkanes of at least 4 members (excludes halogenated alkanes) is 3. The molecule has 1 aliphatic rings. The van der Waals surface area contributed by atoms with Crippen molar-refractivity contribution in [2.45, 2.75) is 72.1 Å². The molecule has 1 rings (SSSR count). The Morgan fingerprint density at radius 1 is 1.00 bits per heavy atom. The van der Waals surface area contributed by atoms with Gasteiger partial charge in [0.05, 0.1) is 10.8 Å². The summed E-state index contributed by atoms with van der Waals surface area (Å²) < 4.78 is 0. The summed E-state index contributed by atoms with van der Waals surface area (Å²) in [4.78, 5) is 23.6. The van der Waals surface area contributed by atoms with Gasteiger partial charge in [0.25, 0.3) is 0 Å². The van der Waals surface area contributed by atoms with Gasteiger partial charge in [-0.2, -0.15) is 0 Å². The molecular weight excluding hydrogens is 280 g/mol. The number of carbonyl (C=O) groups is 2. The third-order valence-electron chi connectivity index (χ3n) is 5.23. The topological polar surface area (TPSA) is 74.6 Å². The van der Waals surface area contributed by atoms with Crippen LogP contribution in [0.3, 0.4) is 0 Å². The van der Waals surface area contributed by atoms with E-state index in [4.69, 9.17) is 0 Å². The van der Waals surface area contributed by atoms with Crippen molar-refractivity contribution >= 4 is 11.9 Å². The number of carboxylic acids is 2. The largest absolute Gasteiger partial charge is 0.481 e. The minimum Gasteiger partial charge on any atom is -0.481 e. The second-order valence-corrected chi connectivity index (χ2v) is 7.25. The number of rotatable bonds is 9. The normalized spacial score (nSPS) is 28.0. The third kappa shape index (κ3) is 3.90. The number of carboxylic acid groups (broad SMARTS) is 2. The van der Waals surface area contributed by atoms with E-state index in [1.165, 1.54) is 6.42 Å². The lowest BCUT2D eigenvalue weighted by Crippen LogP contribution is -2.51. The lowest BCUT2D eigenvalue weighted by atomic mass is 9.56. The van der Waals surface area contributed by atoms with Crippen molar-refractivity contribution in [2.75, 3.05) is 0 Å². The van der Waals surface area contributed by atoms with Gasteiger partial charge < -0.3 is 10.2 Å². The highest BCUT2D eigenvalue weighted by atomic mass is 16.4. The van der Waals surface area contributed by atoms with Crippen LogP contribution in [0.25, 0.3) is 0 Å². The molecule has 4 heteroatoms. The number of allylic oxidation sites excluding steroid dienone is 2. The molecule has 0 saturated carbocycles. The molecule has 0 spiro atoms. The van der Waals surface area contributed by atoms with Gasteiger partial charge >= 0.3 is 11.9 Å². The van der Waals surface area contributed by atoms with Gasteiger partial charge in [0.2, 0.25) is 0 Å². The van der Waals surface area contributed by atoms with Crippen molar-refractivity contribution in [3.8, 4) is 0 Å². The first kappa shape index (κ1) is 18.7. The van der Waals surface area contributed by atoms with E-state index in [2.05, 4.69) is 13.8 Å². The van der Waals surface area contributed by atoms with Gasteiger partial charge in [0.1, 0.15) is 0 Å². The average Bonchev–Trinajstić information content (AvgIpc) is 2.43. The summed E-state index contributed by atoms with van der Waals surface area (Å²) in [6, 6.07) is 0. The van der Waals surface area contributed by atoms with Crippen LogP contribution in [0, 0.1) is 16.7 Å². The first-order valence-corrected chi connectivity index (χ1v) is 8.38. The van der Waals surface area contributed by atoms with Crippen molar-refractivity contribution in [1.29, 1.82) is 0 Å². The molecule has 0 bridgehead atoms. The molecule has 126 valence electrons. The van der Waals surface area contributed by atoms with Crippen LogP contribution in [0.2, 0.25) is 0 Å². The molecule has 0 aliphatic heterocycles. The van der Waals surface area contributed by atoms with Crippen molar-refractivity contribution in [1.82, 2.24) is 0 Å². The van der Waals surface area contributed by atoms with Crippen LogP contribution in [-0.2, 0) is 9.59 Å². The highest BCUT2D eigenvalue weighted by molar-refractivity contribution is 5.87. The minimum atomic E-state index is -1.22. The lowest BCUT2D eigenvalue weighted by Gasteiger charge is -2.44. The molecule has 0 heterocycles. The Balaban J connectivity index is 2.69. The molecule has 4 nitrogen and oxygen atoms in total. The maximum Gasteiger partial charge on any atom is 0.311 e. The molecule has 0 amide bonds. The van der Waals surface area contributed by atoms with E-state index in [1.54, 1.807) is 13.0 Å². The molecule has 0 radical (unpaired) electrons. The molecule has 22 heavy (non-hydrogen) atoms. The van der Waals surface area contributed by atoms with Crippen LogP contribution < -0.4 is 0 Å². The molecule has 1 aliphatic carbocycles. The number of aliphatic carboxylic acids is 2. The summed E-state index contributed by atoms with van der Waals surface area (Å²) in [5.41, 5.74) is -2.39. The SMILES string of the molecule is CC(C)CCCCCCC1(C(=O)O)CC=CCC1(C)C(=O)O. The van der Waals surface area contributed by atoms with E-state index in [-0.39, 0.29) is 0 Å². The Morgan fingerprint density at radius 3 is 2.14 bits per heavy atom. The van der Waals surface area contributed by atoms with E-state index in [0.717, 1.165) is 25.7 Å². The number of hydrogen-bond acceptors (Lipinski definition) is 2. The summed E-state index contributed by atoms with van der Waals surface area (Å²) in [5.74, 6) is -1.27. The second kappa shape index (κ2) is 7.80. The van der Waals surface area contributed by atoms with E-state index >= 15 is 0 Å². The maximum absolute atomic E-state index is 11.9. The number of hydrogen-bond donors (Lipinski definition) is 2. The second-order valence-electron chi connectivity index (χ2n) is 7.25. The molecule has 2 N–H and O–H groups in total. The van der Waals surface area contributed by atoms with Gasteiger partial charge in [-0.3, -0.25) is 9.59 Å². The summed E-state index contributed by atoms with van der Waals surface area (Å²) in [6.45, 7) is 5.99. The van der Waals surface area contributed by atoms with Gasteiger partial charge in [-0.1, -0.05) is 58.1 Å². The molecule has 0 aromatic carbocycles. The van der Waals surface area contributed by atoms with Crippen molar-refractivity contribution in [3.63, 3.8) is 0 Å². The lowest BCUT2D eigenvalue weighted by molar-refractivity contribution is -0.174. The Morgan fingerprint density at radius 2 is 1.59 bits per heavy atom. The summed E-state index contributed by atoms with van der Waals surface area (Å²) in [5, 5.41) is 19.3. The van der Waals surface area contributed by atoms with Gasteiger partial charge in [0, 0.05) is 0 Å². The minimum absolute atomic E-state index is 0.294.